The van der Waals surface area contributed by atoms with E-state index in [0.717, 1.165) is 24.3 Å². The van der Waals surface area contributed by atoms with E-state index >= 15 is 0 Å². The summed E-state index contributed by atoms with van der Waals surface area (Å²) in [5.74, 6) is 0.430. The predicted molar refractivity (Wildman–Crippen MR) is 103 cm³/mol. The normalized spacial score (nSPS) is 10.8. The molecule has 1 amide bonds. The molecule has 0 saturated heterocycles. The number of hydrazone groups is 1. The van der Waals surface area contributed by atoms with E-state index in [0.29, 0.717) is 10.6 Å². The van der Waals surface area contributed by atoms with Crippen molar-refractivity contribution >= 4 is 35.3 Å². The zero-order valence-electron chi connectivity index (χ0n) is 14.0. The molecule has 0 atom stereocenters. The van der Waals surface area contributed by atoms with Gasteiger partial charge in [-0.2, -0.15) is 5.10 Å². The first-order valence-corrected chi connectivity index (χ1v) is 8.87. The van der Waals surface area contributed by atoms with Crippen molar-refractivity contribution < 1.29 is 9.53 Å². The van der Waals surface area contributed by atoms with Crippen LogP contribution in [0.2, 0.25) is 10.0 Å². The van der Waals surface area contributed by atoms with Crippen molar-refractivity contribution in [1.29, 1.82) is 0 Å². The second-order valence-corrected chi connectivity index (χ2v) is 6.29. The Morgan fingerprint density at radius 2 is 1.92 bits per heavy atom. The Kier molecular flexibility index (Phi) is 7.76. The van der Waals surface area contributed by atoms with E-state index in [9.17, 15) is 4.79 Å². The highest BCUT2D eigenvalue weighted by Crippen LogP contribution is 2.20. The van der Waals surface area contributed by atoms with Gasteiger partial charge in [0, 0.05) is 5.02 Å². The number of hydrogen-bond donors (Lipinski definition) is 1. The number of benzene rings is 2. The molecule has 2 rings (SSSR count). The molecule has 2 aromatic rings. The van der Waals surface area contributed by atoms with E-state index in [1.54, 1.807) is 18.3 Å². The third kappa shape index (κ3) is 6.40. The van der Waals surface area contributed by atoms with E-state index in [2.05, 4.69) is 17.5 Å². The van der Waals surface area contributed by atoms with Crippen LogP contribution in [0.3, 0.4) is 0 Å². The SMILES string of the molecule is CCCCCOc1ccc(/C=N/NC(=O)c2ccc(Cl)cc2Cl)cc1. The number of amides is 1. The fourth-order valence-electron chi connectivity index (χ4n) is 2.09. The lowest BCUT2D eigenvalue weighted by atomic mass is 10.2. The largest absolute Gasteiger partial charge is 0.494 e. The third-order valence-electron chi connectivity index (χ3n) is 3.45. The average Bonchev–Trinajstić information content (AvgIpc) is 2.60. The minimum absolute atomic E-state index is 0.282. The molecular formula is C19H20Cl2N2O2. The molecule has 0 aromatic heterocycles. The maximum absolute atomic E-state index is 12.0. The minimum Gasteiger partial charge on any atom is -0.494 e. The van der Waals surface area contributed by atoms with Crippen LogP contribution in [0.15, 0.2) is 47.6 Å². The summed E-state index contributed by atoms with van der Waals surface area (Å²) >= 11 is 11.8. The van der Waals surface area contributed by atoms with Crippen LogP contribution in [0, 0.1) is 0 Å². The maximum atomic E-state index is 12.0. The number of hydrogen-bond acceptors (Lipinski definition) is 3. The van der Waals surface area contributed by atoms with Crippen LogP contribution in [0.25, 0.3) is 0 Å². The number of nitrogens with zero attached hydrogens (tertiary/aromatic N) is 1. The molecule has 0 heterocycles. The molecule has 132 valence electrons. The van der Waals surface area contributed by atoms with Crippen LogP contribution in [0.4, 0.5) is 0 Å². The van der Waals surface area contributed by atoms with Crippen molar-refractivity contribution in [3.63, 3.8) is 0 Å². The maximum Gasteiger partial charge on any atom is 0.272 e. The van der Waals surface area contributed by atoms with E-state index in [-0.39, 0.29) is 5.02 Å². The van der Waals surface area contributed by atoms with Gasteiger partial charge in [0.25, 0.3) is 5.91 Å². The number of ether oxygens (including phenoxy) is 1. The fourth-order valence-corrected chi connectivity index (χ4v) is 2.59. The quantitative estimate of drug-likeness (QED) is 0.383. The molecule has 0 fully saturated rings. The van der Waals surface area contributed by atoms with Gasteiger partial charge in [0.05, 0.1) is 23.4 Å². The summed E-state index contributed by atoms with van der Waals surface area (Å²) in [4.78, 5) is 12.0. The zero-order chi connectivity index (χ0) is 18.1. The van der Waals surface area contributed by atoms with E-state index in [1.807, 2.05) is 24.3 Å². The van der Waals surface area contributed by atoms with Crippen molar-refractivity contribution in [1.82, 2.24) is 5.43 Å². The zero-order valence-corrected chi connectivity index (χ0v) is 15.5. The monoisotopic (exact) mass is 378 g/mol. The lowest BCUT2D eigenvalue weighted by Crippen LogP contribution is -2.18. The standard InChI is InChI=1S/C19H20Cl2N2O2/c1-2-3-4-11-25-16-8-5-14(6-9-16)13-22-23-19(24)17-10-7-15(20)12-18(17)21/h5-10,12-13H,2-4,11H2,1H3,(H,23,24)/b22-13+. The molecule has 0 aliphatic rings. The molecular weight excluding hydrogens is 359 g/mol. The summed E-state index contributed by atoms with van der Waals surface area (Å²) in [6.07, 6.45) is 4.95. The molecule has 6 heteroatoms. The summed E-state index contributed by atoms with van der Waals surface area (Å²) in [5, 5.41) is 4.70. The Morgan fingerprint density at radius 1 is 1.16 bits per heavy atom. The van der Waals surface area contributed by atoms with Crippen LogP contribution in [-0.2, 0) is 0 Å². The van der Waals surface area contributed by atoms with Gasteiger partial charge >= 0.3 is 0 Å². The lowest BCUT2D eigenvalue weighted by molar-refractivity contribution is 0.0955. The van der Waals surface area contributed by atoms with E-state index < -0.39 is 5.91 Å². The van der Waals surface area contributed by atoms with E-state index in [4.69, 9.17) is 27.9 Å². The number of carbonyl (C=O) groups excluding carboxylic acids is 1. The van der Waals surface area contributed by atoms with Crippen LogP contribution in [0.1, 0.15) is 42.1 Å². The number of rotatable bonds is 8. The predicted octanol–water partition coefficient (Wildman–Crippen LogP) is 5.33. The lowest BCUT2D eigenvalue weighted by Gasteiger charge is -2.05. The fraction of sp³-hybridized carbons (Fsp3) is 0.263. The molecule has 1 N–H and O–H groups in total. The van der Waals surface area contributed by atoms with Gasteiger partial charge in [-0.25, -0.2) is 5.43 Å². The Labute approximate surface area is 157 Å². The van der Waals surface area contributed by atoms with Gasteiger partial charge in [-0.05, 0) is 54.4 Å². The second-order valence-electron chi connectivity index (χ2n) is 5.45. The van der Waals surface area contributed by atoms with Gasteiger partial charge in [-0.3, -0.25) is 4.79 Å². The first kappa shape index (κ1) is 19.3. The Bertz CT molecular complexity index is 731. The highest BCUT2D eigenvalue weighted by molar-refractivity contribution is 6.36. The minimum atomic E-state index is -0.395. The van der Waals surface area contributed by atoms with Crippen LogP contribution in [0.5, 0.6) is 5.75 Å². The van der Waals surface area contributed by atoms with Crippen molar-refractivity contribution in [3.05, 3.63) is 63.6 Å². The first-order chi connectivity index (χ1) is 12.1. The molecule has 0 spiro atoms. The molecule has 0 unspecified atom stereocenters. The van der Waals surface area contributed by atoms with Crippen molar-refractivity contribution in [3.8, 4) is 5.75 Å². The van der Waals surface area contributed by atoms with Gasteiger partial charge in [0.1, 0.15) is 5.75 Å². The van der Waals surface area contributed by atoms with Gasteiger partial charge in [0.2, 0.25) is 0 Å². The Hall–Kier alpha value is -2.04. The molecule has 0 radical (unpaired) electrons. The molecule has 0 saturated carbocycles. The van der Waals surface area contributed by atoms with Gasteiger partial charge in [-0.15, -0.1) is 0 Å². The van der Waals surface area contributed by atoms with E-state index in [1.165, 1.54) is 18.9 Å². The molecule has 0 bridgehead atoms. The van der Waals surface area contributed by atoms with Crippen molar-refractivity contribution in [2.75, 3.05) is 6.61 Å². The van der Waals surface area contributed by atoms with Gasteiger partial charge in [-0.1, -0.05) is 43.0 Å². The number of unbranched alkanes of at least 4 members (excludes halogenated alkanes) is 2. The summed E-state index contributed by atoms with van der Waals surface area (Å²) in [6, 6.07) is 12.2. The molecule has 25 heavy (non-hydrogen) atoms. The third-order valence-corrected chi connectivity index (χ3v) is 4.00. The van der Waals surface area contributed by atoms with Gasteiger partial charge < -0.3 is 4.74 Å². The smallest absolute Gasteiger partial charge is 0.272 e. The summed E-state index contributed by atoms with van der Waals surface area (Å²) in [7, 11) is 0. The van der Waals surface area contributed by atoms with Gasteiger partial charge in [0.15, 0.2) is 0 Å². The van der Waals surface area contributed by atoms with Crippen molar-refractivity contribution in [2.24, 2.45) is 5.10 Å². The second kappa shape index (κ2) is 10.1. The highest BCUT2D eigenvalue weighted by Gasteiger charge is 2.09. The molecule has 4 nitrogen and oxygen atoms in total. The van der Waals surface area contributed by atoms with Crippen LogP contribution in [-0.4, -0.2) is 18.7 Å². The highest BCUT2D eigenvalue weighted by atomic mass is 35.5. The number of carbonyl (C=O) groups is 1. The first-order valence-electron chi connectivity index (χ1n) is 8.11. The van der Waals surface area contributed by atoms with Crippen LogP contribution >= 0.6 is 23.2 Å². The molecule has 0 aliphatic carbocycles. The summed E-state index contributed by atoms with van der Waals surface area (Å²) < 4.78 is 5.65. The van der Waals surface area contributed by atoms with Crippen molar-refractivity contribution in [2.45, 2.75) is 26.2 Å². The Morgan fingerprint density at radius 3 is 2.60 bits per heavy atom. The average molecular weight is 379 g/mol. The van der Waals surface area contributed by atoms with Crippen LogP contribution < -0.4 is 10.2 Å². The topological polar surface area (TPSA) is 50.7 Å². The molecule has 2 aromatic carbocycles. The summed E-state index contributed by atoms with van der Waals surface area (Å²) in [5.41, 5.74) is 3.61. The number of halogens is 2. The number of nitrogens with one attached hydrogen (secondary N) is 1. The Balaban J connectivity index is 1.86. The molecule has 0 aliphatic heterocycles. The summed E-state index contributed by atoms with van der Waals surface area (Å²) in [6.45, 7) is 2.88.